The van der Waals surface area contributed by atoms with E-state index in [1.165, 1.54) is 0 Å². The smallest absolute Gasteiger partial charge is 0.253 e. The summed E-state index contributed by atoms with van der Waals surface area (Å²) >= 11 is 3.45. The summed E-state index contributed by atoms with van der Waals surface area (Å²) in [7, 11) is 1.77. The first-order valence-electron chi connectivity index (χ1n) is 5.44. The standard InChI is InChI=1S/C13H15BrN2O/c1-10(14)6-7-16(2)13(17)12-5-3-4-11(8-12)9-15/h3-5,8,10H,6-7H2,1-2H3. The second kappa shape index (κ2) is 6.41. The molecule has 0 radical (unpaired) electrons. The number of hydrogen-bond donors (Lipinski definition) is 0. The lowest BCUT2D eigenvalue weighted by Crippen LogP contribution is -2.28. The largest absolute Gasteiger partial charge is 0.342 e. The number of nitriles is 1. The number of amides is 1. The summed E-state index contributed by atoms with van der Waals surface area (Å²) in [5.74, 6) is -0.0461. The molecule has 17 heavy (non-hydrogen) atoms. The minimum Gasteiger partial charge on any atom is -0.342 e. The molecule has 1 aromatic carbocycles. The van der Waals surface area contributed by atoms with Crippen LogP contribution in [0.5, 0.6) is 0 Å². The summed E-state index contributed by atoms with van der Waals surface area (Å²) < 4.78 is 0. The molecule has 1 atom stereocenters. The van der Waals surface area contributed by atoms with Crippen molar-refractivity contribution in [2.45, 2.75) is 18.2 Å². The molecule has 90 valence electrons. The first-order chi connectivity index (χ1) is 8.04. The molecule has 0 saturated carbocycles. The van der Waals surface area contributed by atoms with Crippen molar-refractivity contribution >= 4 is 21.8 Å². The Kier molecular flexibility index (Phi) is 5.17. The number of benzene rings is 1. The highest BCUT2D eigenvalue weighted by Crippen LogP contribution is 2.09. The Morgan fingerprint density at radius 2 is 2.29 bits per heavy atom. The normalized spacial score (nSPS) is 11.6. The van der Waals surface area contributed by atoms with Gasteiger partial charge in [-0.25, -0.2) is 0 Å². The van der Waals surface area contributed by atoms with E-state index >= 15 is 0 Å². The average molecular weight is 295 g/mol. The molecule has 0 saturated heterocycles. The molecule has 0 N–H and O–H groups in total. The Morgan fingerprint density at radius 3 is 2.88 bits per heavy atom. The summed E-state index contributed by atoms with van der Waals surface area (Å²) in [6.45, 7) is 2.75. The Bertz CT molecular complexity index is 437. The lowest BCUT2D eigenvalue weighted by Gasteiger charge is -2.18. The van der Waals surface area contributed by atoms with Gasteiger partial charge in [0.2, 0.25) is 0 Å². The Labute approximate surface area is 110 Å². The van der Waals surface area contributed by atoms with Gasteiger partial charge in [-0.05, 0) is 24.6 Å². The Morgan fingerprint density at radius 1 is 1.59 bits per heavy atom. The minimum absolute atomic E-state index is 0.0461. The maximum absolute atomic E-state index is 12.0. The van der Waals surface area contributed by atoms with E-state index in [1.54, 1.807) is 36.2 Å². The lowest BCUT2D eigenvalue weighted by atomic mass is 10.1. The van der Waals surface area contributed by atoms with Gasteiger partial charge in [0.1, 0.15) is 0 Å². The van der Waals surface area contributed by atoms with E-state index in [4.69, 9.17) is 5.26 Å². The number of hydrogen-bond acceptors (Lipinski definition) is 2. The highest BCUT2D eigenvalue weighted by molar-refractivity contribution is 9.09. The molecule has 0 aliphatic heterocycles. The highest BCUT2D eigenvalue weighted by Gasteiger charge is 2.12. The van der Waals surface area contributed by atoms with E-state index in [0.717, 1.165) is 6.42 Å². The molecule has 0 spiro atoms. The van der Waals surface area contributed by atoms with Gasteiger partial charge in [-0.2, -0.15) is 5.26 Å². The first-order valence-corrected chi connectivity index (χ1v) is 6.36. The number of alkyl halides is 1. The van der Waals surface area contributed by atoms with Gasteiger partial charge in [0.15, 0.2) is 0 Å². The van der Waals surface area contributed by atoms with Crippen LogP contribution in [0.3, 0.4) is 0 Å². The molecule has 1 unspecified atom stereocenters. The van der Waals surface area contributed by atoms with Gasteiger partial charge in [0.05, 0.1) is 11.6 Å². The van der Waals surface area contributed by atoms with Crippen LogP contribution in [0.4, 0.5) is 0 Å². The molecule has 3 nitrogen and oxygen atoms in total. The number of halogens is 1. The summed E-state index contributed by atoms with van der Waals surface area (Å²) in [5.41, 5.74) is 1.08. The van der Waals surface area contributed by atoms with Crippen molar-refractivity contribution in [2.75, 3.05) is 13.6 Å². The zero-order valence-corrected chi connectivity index (χ0v) is 11.6. The van der Waals surface area contributed by atoms with Gasteiger partial charge < -0.3 is 4.90 Å². The van der Waals surface area contributed by atoms with E-state index in [-0.39, 0.29) is 5.91 Å². The first kappa shape index (κ1) is 13.7. The van der Waals surface area contributed by atoms with Crippen molar-refractivity contribution in [1.82, 2.24) is 4.90 Å². The molecular weight excluding hydrogens is 280 g/mol. The monoisotopic (exact) mass is 294 g/mol. The van der Waals surface area contributed by atoms with Crippen molar-refractivity contribution in [1.29, 1.82) is 5.26 Å². The van der Waals surface area contributed by atoms with Gasteiger partial charge in [-0.3, -0.25) is 4.79 Å². The van der Waals surface area contributed by atoms with Crippen LogP contribution in [0, 0.1) is 11.3 Å². The maximum Gasteiger partial charge on any atom is 0.253 e. The van der Waals surface area contributed by atoms with Crippen LogP contribution in [0.25, 0.3) is 0 Å². The molecule has 4 heteroatoms. The highest BCUT2D eigenvalue weighted by atomic mass is 79.9. The molecule has 1 aromatic rings. The predicted octanol–water partition coefficient (Wildman–Crippen LogP) is 2.80. The van der Waals surface area contributed by atoms with Crippen molar-refractivity contribution < 1.29 is 4.79 Å². The third kappa shape index (κ3) is 4.20. The molecule has 0 aliphatic carbocycles. The molecule has 0 fully saturated rings. The average Bonchev–Trinajstić information content (AvgIpc) is 2.35. The number of carbonyl (C=O) groups is 1. The molecule has 0 aromatic heterocycles. The summed E-state index contributed by atoms with van der Waals surface area (Å²) in [4.78, 5) is 14.1. The van der Waals surface area contributed by atoms with Crippen molar-refractivity contribution in [2.24, 2.45) is 0 Å². The van der Waals surface area contributed by atoms with Crippen LogP contribution in [0.1, 0.15) is 29.3 Å². The molecule has 0 aliphatic rings. The van der Waals surface area contributed by atoms with Gasteiger partial charge in [0.25, 0.3) is 5.91 Å². The Hall–Kier alpha value is -1.34. The van der Waals surface area contributed by atoms with Gasteiger partial charge >= 0.3 is 0 Å². The van der Waals surface area contributed by atoms with E-state index in [2.05, 4.69) is 22.9 Å². The maximum atomic E-state index is 12.0. The third-order valence-corrected chi connectivity index (χ3v) is 2.91. The van der Waals surface area contributed by atoms with E-state index in [0.29, 0.717) is 22.5 Å². The summed E-state index contributed by atoms with van der Waals surface area (Å²) in [6.07, 6.45) is 0.903. The van der Waals surface area contributed by atoms with Crippen molar-refractivity contribution in [3.05, 3.63) is 35.4 Å². The number of rotatable bonds is 4. The SMILES string of the molecule is CC(Br)CCN(C)C(=O)c1cccc(C#N)c1. The van der Waals surface area contributed by atoms with E-state index in [1.807, 2.05) is 6.07 Å². The van der Waals surface area contributed by atoms with Crippen LogP contribution in [-0.4, -0.2) is 29.2 Å². The minimum atomic E-state index is -0.0461. The fraction of sp³-hybridized carbons (Fsp3) is 0.385. The number of carbonyl (C=O) groups excluding carboxylic acids is 1. The quantitative estimate of drug-likeness (QED) is 0.802. The van der Waals surface area contributed by atoms with Crippen molar-refractivity contribution in [3.63, 3.8) is 0 Å². The zero-order chi connectivity index (χ0) is 12.8. The number of nitrogens with zero attached hydrogens (tertiary/aromatic N) is 2. The van der Waals surface area contributed by atoms with Gasteiger partial charge in [-0.1, -0.05) is 28.9 Å². The second-order valence-electron chi connectivity index (χ2n) is 3.99. The molecular formula is C13H15BrN2O. The zero-order valence-electron chi connectivity index (χ0n) is 9.98. The van der Waals surface area contributed by atoms with E-state index < -0.39 is 0 Å². The topological polar surface area (TPSA) is 44.1 Å². The van der Waals surface area contributed by atoms with Crippen LogP contribution in [0.2, 0.25) is 0 Å². The molecule has 0 bridgehead atoms. The molecule has 0 heterocycles. The molecule has 1 amide bonds. The van der Waals surface area contributed by atoms with Crippen LogP contribution < -0.4 is 0 Å². The van der Waals surface area contributed by atoms with Crippen molar-refractivity contribution in [3.8, 4) is 6.07 Å². The van der Waals surface area contributed by atoms with Crippen LogP contribution in [-0.2, 0) is 0 Å². The second-order valence-corrected chi connectivity index (χ2v) is 5.55. The summed E-state index contributed by atoms with van der Waals surface area (Å²) in [6, 6.07) is 8.81. The van der Waals surface area contributed by atoms with Gasteiger partial charge in [0, 0.05) is 24.0 Å². The molecule has 1 rings (SSSR count). The predicted molar refractivity (Wildman–Crippen MR) is 71.1 cm³/mol. The third-order valence-electron chi connectivity index (χ3n) is 2.45. The lowest BCUT2D eigenvalue weighted by molar-refractivity contribution is 0.0794. The summed E-state index contributed by atoms with van der Waals surface area (Å²) in [5, 5.41) is 8.78. The fourth-order valence-electron chi connectivity index (χ4n) is 1.42. The van der Waals surface area contributed by atoms with Gasteiger partial charge in [-0.15, -0.1) is 0 Å². The Balaban J connectivity index is 2.71. The van der Waals surface area contributed by atoms with Crippen LogP contribution >= 0.6 is 15.9 Å². The fourth-order valence-corrected chi connectivity index (χ4v) is 1.62. The van der Waals surface area contributed by atoms with Crippen LogP contribution in [0.15, 0.2) is 24.3 Å². The van der Waals surface area contributed by atoms with E-state index in [9.17, 15) is 4.79 Å².